The lowest BCUT2D eigenvalue weighted by Crippen LogP contribution is -2.36. The summed E-state index contributed by atoms with van der Waals surface area (Å²) in [5.41, 5.74) is 1.87. The number of amides is 1. The minimum atomic E-state index is -0.356. The van der Waals surface area contributed by atoms with Crippen molar-refractivity contribution < 1.29 is 13.9 Å². The number of nitrogens with zero attached hydrogens (tertiary/aromatic N) is 3. The number of ether oxygens (including phenoxy) is 1. The third-order valence-corrected chi connectivity index (χ3v) is 5.17. The Labute approximate surface area is 180 Å². The van der Waals surface area contributed by atoms with Gasteiger partial charge >= 0.3 is 0 Å². The Morgan fingerprint density at radius 3 is 2.70 bits per heavy atom. The van der Waals surface area contributed by atoms with Crippen LogP contribution in [0.4, 0.5) is 11.5 Å². The molecule has 0 aliphatic carbocycles. The average Bonchev–Trinajstić information content (AvgIpc) is 3.19. The van der Waals surface area contributed by atoms with E-state index in [0.717, 1.165) is 25.3 Å². The van der Waals surface area contributed by atoms with E-state index in [2.05, 4.69) is 20.2 Å². The maximum atomic E-state index is 12.9. The highest BCUT2D eigenvalue weighted by Gasteiger charge is 2.22. The molecule has 0 radical (unpaired) electrons. The van der Waals surface area contributed by atoms with Gasteiger partial charge in [0.1, 0.15) is 5.82 Å². The number of aryl methyl sites for hydroxylation is 1. The van der Waals surface area contributed by atoms with Gasteiger partial charge in [0, 0.05) is 13.1 Å². The number of pyridine rings is 1. The van der Waals surface area contributed by atoms with Crippen LogP contribution in [0.2, 0.25) is 5.02 Å². The lowest BCUT2D eigenvalue weighted by Gasteiger charge is -2.27. The van der Waals surface area contributed by atoms with Crippen molar-refractivity contribution in [1.82, 2.24) is 9.97 Å². The predicted molar refractivity (Wildman–Crippen MR) is 116 cm³/mol. The number of anilines is 2. The number of hydrogen-bond acceptors (Lipinski definition) is 6. The van der Waals surface area contributed by atoms with Gasteiger partial charge in [0.15, 0.2) is 0 Å². The summed E-state index contributed by atoms with van der Waals surface area (Å²) in [5.74, 6) is 1.05. The molecule has 0 unspecified atom stereocenters. The van der Waals surface area contributed by atoms with Crippen molar-refractivity contribution in [3.05, 3.63) is 59.1 Å². The molecule has 30 heavy (non-hydrogen) atoms. The summed E-state index contributed by atoms with van der Waals surface area (Å²) in [6.45, 7) is 5.03. The first kappa shape index (κ1) is 20.4. The normalized spacial score (nSPS) is 14.0. The Hall–Kier alpha value is -2.90. The van der Waals surface area contributed by atoms with Crippen LogP contribution >= 0.6 is 11.6 Å². The van der Waals surface area contributed by atoms with Gasteiger partial charge in [0.05, 0.1) is 41.4 Å². The lowest BCUT2D eigenvalue weighted by molar-refractivity contribution is 0.0996. The average molecular weight is 427 g/mol. The Balaban J connectivity index is 1.53. The number of morpholine rings is 1. The molecule has 1 saturated heterocycles. The van der Waals surface area contributed by atoms with Gasteiger partial charge in [-0.25, -0.2) is 9.97 Å². The molecule has 2 aromatic heterocycles. The highest BCUT2D eigenvalue weighted by molar-refractivity contribution is 6.33. The van der Waals surface area contributed by atoms with Gasteiger partial charge in [0.25, 0.3) is 5.91 Å². The van der Waals surface area contributed by atoms with E-state index in [0.29, 0.717) is 47.5 Å². The maximum Gasteiger partial charge on any atom is 0.293 e. The summed E-state index contributed by atoms with van der Waals surface area (Å²) in [4.78, 5) is 24.0. The Bertz CT molecular complexity index is 1010. The van der Waals surface area contributed by atoms with Crippen LogP contribution in [0.5, 0.6) is 0 Å². The number of carbonyl (C=O) groups excluding carboxylic acids is 1. The maximum absolute atomic E-state index is 12.9. The molecule has 7 nitrogen and oxygen atoms in total. The molecule has 1 aliphatic rings. The largest absolute Gasteiger partial charge is 0.431 e. The van der Waals surface area contributed by atoms with E-state index < -0.39 is 0 Å². The van der Waals surface area contributed by atoms with Gasteiger partial charge in [0.2, 0.25) is 11.7 Å². The number of nitrogens with one attached hydrogen (secondary N) is 1. The number of oxazole rings is 1. The molecular formula is C22H23ClN4O3. The molecule has 0 bridgehead atoms. The second-order valence-electron chi connectivity index (χ2n) is 6.98. The van der Waals surface area contributed by atoms with Crippen LogP contribution in [0, 0.1) is 0 Å². The summed E-state index contributed by atoms with van der Waals surface area (Å²) in [5, 5.41) is 3.38. The number of carbonyl (C=O) groups is 1. The number of benzene rings is 1. The number of halogens is 1. The summed E-state index contributed by atoms with van der Waals surface area (Å²) in [7, 11) is 0. The summed E-state index contributed by atoms with van der Waals surface area (Å²) < 4.78 is 11.2. The summed E-state index contributed by atoms with van der Waals surface area (Å²) in [6, 6.07) is 11.0. The number of aromatic nitrogens is 2. The smallest absolute Gasteiger partial charge is 0.293 e. The van der Waals surface area contributed by atoms with E-state index in [1.165, 1.54) is 0 Å². The number of hydrogen-bond donors (Lipinski definition) is 1. The molecule has 1 amide bonds. The SMILES string of the molecule is CCCc1nc(-c2ccccc2Cl)oc1C(=O)Nc1ccc(N2CCOCC2)nc1. The molecule has 0 saturated carbocycles. The molecule has 1 N–H and O–H groups in total. The fourth-order valence-electron chi connectivity index (χ4n) is 3.31. The zero-order chi connectivity index (χ0) is 20.9. The standard InChI is InChI=1S/C22H23ClN4O3/c1-2-5-18-20(30-22(26-18)16-6-3-4-7-17(16)23)21(28)25-15-8-9-19(24-14-15)27-10-12-29-13-11-27/h3-4,6-9,14H,2,5,10-13H2,1H3,(H,25,28). The molecule has 1 fully saturated rings. The van der Waals surface area contributed by atoms with Crippen LogP contribution in [-0.4, -0.2) is 42.2 Å². The molecule has 0 atom stereocenters. The first-order valence-electron chi connectivity index (χ1n) is 10.0. The number of rotatable bonds is 6. The van der Waals surface area contributed by atoms with E-state index in [1.807, 2.05) is 37.3 Å². The van der Waals surface area contributed by atoms with Gasteiger partial charge < -0.3 is 19.4 Å². The molecule has 156 valence electrons. The van der Waals surface area contributed by atoms with E-state index in [-0.39, 0.29) is 11.7 Å². The Morgan fingerprint density at radius 2 is 2.00 bits per heavy atom. The van der Waals surface area contributed by atoms with Crippen LogP contribution in [0.15, 0.2) is 47.0 Å². The second kappa shape index (κ2) is 9.28. The zero-order valence-corrected chi connectivity index (χ0v) is 17.5. The van der Waals surface area contributed by atoms with E-state index in [4.69, 9.17) is 20.8 Å². The van der Waals surface area contributed by atoms with Crippen LogP contribution in [0.25, 0.3) is 11.5 Å². The van der Waals surface area contributed by atoms with Gasteiger partial charge in [-0.3, -0.25) is 4.79 Å². The molecule has 1 aromatic carbocycles. The minimum Gasteiger partial charge on any atom is -0.431 e. The molecule has 1 aliphatic heterocycles. The van der Waals surface area contributed by atoms with E-state index in [9.17, 15) is 4.79 Å². The van der Waals surface area contributed by atoms with Crippen molar-refractivity contribution in [2.45, 2.75) is 19.8 Å². The van der Waals surface area contributed by atoms with Crippen molar-refractivity contribution >= 4 is 29.0 Å². The van der Waals surface area contributed by atoms with Crippen LogP contribution in [-0.2, 0) is 11.2 Å². The highest BCUT2D eigenvalue weighted by Crippen LogP contribution is 2.29. The first-order chi connectivity index (χ1) is 14.7. The topological polar surface area (TPSA) is 80.5 Å². The molecule has 0 spiro atoms. The molecule has 8 heteroatoms. The first-order valence-corrected chi connectivity index (χ1v) is 10.4. The van der Waals surface area contributed by atoms with Gasteiger partial charge in [-0.05, 0) is 30.7 Å². The third kappa shape index (κ3) is 4.47. The van der Waals surface area contributed by atoms with Crippen molar-refractivity contribution in [1.29, 1.82) is 0 Å². The quantitative estimate of drug-likeness (QED) is 0.628. The summed E-state index contributed by atoms with van der Waals surface area (Å²) in [6.07, 6.45) is 3.11. The Morgan fingerprint density at radius 1 is 1.20 bits per heavy atom. The molecule has 3 heterocycles. The Kier molecular flexibility index (Phi) is 6.30. The fraction of sp³-hybridized carbons (Fsp3) is 0.318. The third-order valence-electron chi connectivity index (χ3n) is 4.84. The van der Waals surface area contributed by atoms with Gasteiger partial charge in [-0.2, -0.15) is 0 Å². The second-order valence-corrected chi connectivity index (χ2v) is 7.39. The fourth-order valence-corrected chi connectivity index (χ4v) is 3.53. The van der Waals surface area contributed by atoms with Crippen LogP contribution < -0.4 is 10.2 Å². The van der Waals surface area contributed by atoms with Gasteiger partial charge in [-0.15, -0.1) is 0 Å². The van der Waals surface area contributed by atoms with Gasteiger partial charge in [-0.1, -0.05) is 37.1 Å². The van der Waals surface area contributed by atoms with E-state index >= 15 is 0 Å². The molecule has 4 rings (SSSR count). The van der Waals surface area contributed by atoms with Crippen molar-refractivity contribution in [2.75, 3.05) is 36.5 Å². The zero-order valence-electron chi connectivity index (χ0n) is 16.7. The van der Waals surface area contributed by atoms with Crippen molar-refractivity contribution in [2.24, 2.45) is 0 Å². The van der Waals surface area contributed by atoms with Crippen LogP contribution in [0.3, 0.4) is 0 Å². The minimum absolute atomic E-state index is 0.198. The van der Waals surface area contributed by atoms with Crippen molar-refractivity contribution in [3.63, 3.8) is 0 Å². The lowest BCUT2D eigenvalue weighted by atomic mass is 10.2. The van der Waals surface area contributed by atoms with Crippen LogP contribution in [0.1, 0.15) is 29.6 Å². The molecular weight excluding hydrogens is 404 g/mol. The molecule has 3 aromatic rings. The van der Waals surface area contributed by atoms with Crippen molar-refractivity contribution in [3.8, 4) is 11.5 Å². The highest BCUT2D eigenvalue weighted by atomic mass is 35.5. The van der Waals surface area contributed by atoms with E-state index in [1.54, 1.807) is 12.3 Å². The summed E-state index contributed by atoms with van der Waals surface area (Å²) >= 11 is 6.27. The monoisotopic (exact) mass is 426 g/mol. The predicted octanol–water partition coefficient (Wildman–Crippen LogP) is 4.43.